The number of anilines is 1. The molecule has 0 aliphatic heterocycles. The van der Waals surface area contributed by atoms with E-state index in [2.05, 4.69) is 17.3 Å². The molecule has 1 aromatic heterocycles. The predicted octanol–water partition coefficient (Wildman–Crippen LogP) is 2.75. The molecule has 0 bridgehead atoms. The standard InChI is InChI=1S/C13H16FN3O/c1-2-7-17-11(5-6-16-17)9-15-10-3-4-13(18)12(14)8-10/h3-6,8,15,18H,2,7,9H2,1H3. The summed E-state index contributed by atoms with van der Waals surface area (Å²) in [7, 11) is 0. The van der Waals surface area contributed by atoms with Crippen LogP contribution in [0.25, 0.3) is 0 Å². The summed E-state index contributed by atoms with van der Waals surface area (Å²) < 4.78 is 15.1. The molecule has 4 nitrogen and oxygen atoms in total. The van der Waals surface area contributed by atoms with Crippen molar-refractivity contribution >= 4 is 5.69 Å². The highest BCUT2D eigenvalue weighted by Crippen LogP contribution is 2.19. The van der Waals surface area contributed by atoms with Crippen LogP contribution in [0.1, 0.15) is 19.0 Å². The lowest BCUT2D eigenvalue weighted by Crippen LogP contribution is -2.08. The Kier molecular flexibility index (Phi) is 3.82. The van der Waals surface area contributed by atoms with Gasteiger partial charge in [0.1, 0.15) is 0 Å². The SMILES string of the molecule is CCCn1nccc1CNc1ccc(O)c(F)c1. The van der Waals surface area contributed by atoms with Gasteiger partial charge in [0.25, 0.3) is 0 Å². The molecule has 1 aromatic carbocycles. The monoisotopic (exact) mass is 249 g/mol. The van der Waals surface area contributed by atoms with Gasteiger partial charge in [-0.2, -0.15) is 5.10 Å². The van der Waals surface area contributed by atoms with Crippen LogP contribution in [0.2, 0.25) is 0 Å². The van der Waals surface area contributed by atoms with Crippen molar-refractivity contribution in [1.29, 1.82) is 0 Å². The maximum absolute atomic E-state index is 13.1. The number of phenolic OH excluding ortho intramolecular Hbond substituents is 1. The molecule has 5 heteroatoms. The van der Waals surface area contributed by atoms with Gasteiger partial charge in [-0.05, 0) is 24.6 Å². The molecular weight excluding hydrogens is 233 g/mol. The molecule has 18 heavy (non-hydrogen) atoms. The van der Waals surface area contributed by atoms with Crippen LogP contribution in [0, 0.1) is 5.82 Å². The molecule has 96 valence electrons. The van der Waals surface area contributed by atoms with Crippen LogP contribution in [0.5, 0.6) is 5.75 Å². The van der Waals surface area contributed by atoms with Gasteiger partial charge in [0.15, 0.2) is 11.6 Å². The number of hydrogen-bond acceptors (Lipinski definition) is 3. The van der Waals surface area contributed by atoms with Crippen molar-refractivity contribution in [2.75, 3.05) is 5.32 Å². The molecule has 0 saturated carbocycles. The molecule has 0 fully saturated rings. The van der Waals surface area contributed by atoms with Crippen LogP contribution in [0.4, 0.5) is 10.1 Å². The Morgan fingerprint density at radius 1 is 1.39 bits per heavy atom. The summed E-state index contributed by atoms with van der Waals surface area (Å²) in [5, 5.41) is 16.4. The largest absolute Gasteiger partial charge is 0.505 e. The van der Waals surface area contributed by atoms with Crippen LogP contribution in [0.3, 0.4) is 0 Å². The van der Waals surface area contributed by atoms with Crippen molar-refractivity contribution < 1.29 is 9.50 Å². The lowest BCUT2D eigenvalue weighted by molar-refractivity contribution is 0.432. The number of halogens is 1. The molecule has 2 N–H and O–H groups in total. The molecule has 0 amide bonds. The fraction of sp³-hybridized carbons (Fsp3) is 0.308. The quantitative estimate of drug-likeness (QED) is 0.801. The van der Waals surface area contributed by atoms with Crippen molar-refractivity contribution in [1.82, 2.24) is 9.78 Å². The topological polar surface area (TPSA) is 50.1 Å². The third-order valence-corrected chi connectivity index (χ3v) is 2.66. The first kappa shape index (κ1) is 12.4. The lowest BCUT2D eigenvalue weighted by atomic mass is 10.3. The molecule has 2 aromatic rings. The van der Waals surface area contributed by atoms with Crippen LogP contribution in [-0.2, 0) is 13.1 Å². The van der Waals surface area contributed by atoms with Crippen molar-refractivity contribution in [3.63, 3.8) is 0 Å². The maximum Gasteiger partial charge on any atom is 0.166 e. The summed E-state index contributed by atoms with van der Waals surface area (Å²) in [4.78, 5) is 0. The van der Waals surface area contributed by atoms with Gasteiger partial charge in [0, 0.05) is 24.5 Å². The second kappa shape index (κ2) is 5.53. The van der Waals surface area contributed by atoms with Gasteiger partial charge in [0.05, 0.1) is 12.2 Å². The zero-order valence-corrected chi connectivity index (χ0v) is 10.2. The van der Waals surface area contributed by atoms with Crippen LogP contribution in [-0.4, -0.2) is 14.9 Å². The van der Waals surface area contributed by atoms with Gasteiger partial charge in [-0.1, -0.05) is 6.92 Å². The van der Waals surface area contributed by atoms with Crippen molar-refractivity contribution in [2.45, 2.75) is 26.4 Å². The van der Waals surface area contributed by atoms with Crippen LogP contribution < -0.4 is 5.32 Å². The normalized spacial score (nSPS) is 10.6. The Balaban J connectivity index is 2.02. The smallest absolute Gasteiger partial charge is 0.166 e. The number of rotatable bonds is 5. The molecular formula is C13H16FN3O. The Morgan fingerprint density at radius 3 is 2.94 bits per heavy atom. The van der Waals surface area contributed by atoms with Gasteiger partial charge in [0.2, 0.25) is 0 Å². The first-order chi connectivity index (χ1) is 8.70. The Labute approximate surface area is 105 Å². The lowest BCUT2D eigenvalue weighted by Gasteiger charge is -2.09. The molecule has 0 aliphatic rings. The van der Waals surface area contributed by atoms with E-state index in [-0.39, 0.29) is 5.75 Å². The molecule has 0 unspecified atom stereocenters. The number of phenols is 1. The molecule has 1 heterocycles. The fourth-order valence-electron chi connectivity index (χ4n) is 1.73. The Morgan fingerprint density at radius 2 is 2.22 bits per heavy atom. The Hall–Kier alpha value is -2.04. The molecule has 2 rings (SSSR count). The van der Waals surface area contributed by atoms with E-state index in [0.29, 0.717) is 12.2 Å². The molecule has 0 saturated heterocycles. The van der Waals surface area contributed by atoms with E-state index in [0.717, 1.165) is 18.7 Å². The molecule has 0 radical (unpaired) electrons. The van der Waals surface area contributed by atoms with Gasteiger partial charge < -0.3 is 10.4 Å². The number of nitrogens with zero attached hydrogens (tertiary/aromatic N) is 2. The van der Waals surface area contributed by atoms with E-state index < -0.39 is 5.82 Å². The third-order valence-electron chi connectivity index (χ3n) is 2.66. The number of benzene rings is 1. The zero-order chi connectivity index (χ0) is 13.0. The second-order valence-corrected chi connectivity index (χ2v) is 4.07. The Bertz CT molecular complexity index is 525. The zero-order valence-electron chi connectivity index (χ0n) is 10.2. The number of hydrogen-bond donors (Lipinski definition) is 2. The second-order valence-electron chi connectivity index (χ2n) is 4.07. The van der Waals surface area contributed by atoms with Crippen LogP contribution in [0.15, 0.2) is 30.5 Å². The summed E-state index contributed by atoms with van der Waals surface area (Å²) in [5.41, 5.74) is 1.68. The van der Waals surface area contributed by atoms with E-state index in [1.54, 1.807) is 12.3 Å². The predicted molar refractivity (Wildman–Crippen MR) is 67.9 cm³/mol. The summed E-state index contributed by atoms with van der Waals surface area (Å²) in [6.07, 6.45) is 2.77. The van der Waals surface area contributed by atoms with Crippen LogP contribution >= 0.6 is 0 Å². The first-order valence-corrected chi connectivity index (χ1v) is 5.93. The van der Waals surface area contributed by atoms with Crippen molar-refractivity contribution in [2.24, 2.45) is 0 Å². The minimum atomic E-state index is -0.623. The van der Waals surface area contributed by atoms with Gasteiger partial charge in [-0.3, -0.25) is 4.68 Å². The van der Waals surface area contributed by atoms with Crippen molar-refractivity contribution in [3.8, 4) is 5.75 Å². The summed E-state index contributed by atoms with van der Waals surface area (Å²) >= 11 is 0. The number of aryl methyl sites for hydroxylation is 1. The molecule has 0 spiro atoms. The maximum atomic E-state index is 13.1. The highest BCUT2D eigenvalue weighted by atomic mass is 19.1. The van der Waals surface area contributed by atoms with Crippen molar-refractivity contribution in [3.05, 3.63) is 42.0 Å². The summed E-state index contributed by atoms with van der Waals surface area (Å²) in [6.45, 7) is 3.53. The average Bonchev–Trinajstić information content (AvgIpc) is 2.79. The van der Waals surface area contributed by atoms with E-state index in [4.69, 9.17) is 5.11 Å². The third kappa shape index (κ3) is 2.80. The average molecular weight is 249 g/mol. The van der Waals surface area contributed by atoms with E-state index in [9.17, 15) is 4.39 Å². The van der Waals surface area contributed by atoms with E-state index in [1.807, 2.05) is 10.7 Å². The molecule has 0 aliphatic carbocycles. The summed E-state index contributed by atoms with van der Waals surface area (Å²) in [5.74, 6) is -0.960. The van der Waals surface area contributed by atoms with Gasteiger partial charge in [-0.15, -0.1) is 0 Å². The van der Waals surface area contributed by atoms with Gasteiger partial charge >= 0.3 is 0 Å². The minimum Gasteiger partial charge on any atom is -0.505 e. The van der Waals surface area contributed by atoms with E-state index in [1.165, 1.54) is 12.1 Å². The van der Waals surface area contributed by atoms with E-state index >= 15 is 0 Å². The fourth-order valence-corrected chi connectivity index (χ4v) is 1.73. The number of nitrogens with one attached hydrogen (secondary N) is 1. The summed E-state index contributed by atoms with van der Waals surface area (Å²) in [6, 6.07) is 6.18. The minimum absolute atomic E-state index is 0.337. The highest BCUT2D eigenvalue weighted by Gasteiger charge is 2.04. The number of aromatic hydroxyl groups is 1. The molecule has 0 atom stereocenters. The number of aromatic nitrogens is 2. The van der Waals surface area contributed by atoms with Gasteiger partial charge in [-0.25, -0.2) is 4.39 Å². The first-order valence-electron chi connectivity index (χ1n) is 5.93. The highest BCUT2D eigenvalue weighted by molar-refractivity contribution is 5.47.